The van der Waals surface area contributed by atoms with Crippen LogP contribution in [-0.4, -0.2) is 28.4 Å². The number of rotatable bonds is 5. The lowest BCUT2D eigenvalue weighted by molar-refractivity contribution is 0.500. The van der Waals surface area contributed by atoms with E-state index in [1.54, 1.807) is 0 Å². The van der Waals surface area contributed by atoms with Gasteiger partial charge >= 0.3 is 0 Å². The van der Waals surface area contributed by atoms with Gasteiger partial charge in [0.15, 0.2) is 0 Å². The summed E-state index contributed by atoms with van der Waals surface area (Å²) in [5.41, 5.74) is 0.731. The lowest BCUT2D eigenvalue weighted by Gasteiger charge is -2.24. The van der Waals surface area contributed by atoms with Crippen molar-refractivity contribution in [2.45, 2.75) is 43.3 Å². The molecular formula is C13H18N2O2S3. The number of hydrogen-bond acceptors (Lipinski definition) is 5. The van der Waals surface area contributed by atoms with Crippen LogP contribution in [0.2, 0.25) is 0 Å². The van der Waals surface area contributed by atoms with Crippen LogP contribution in [0.15, 0.2) is 28.6 Å². The predicted molar refractivity (Wildman–Crippen MR) is 86.5 cm³/mol. The van der Waals surface area contributed by atoms with Crippen LogP contribution >= 0.6 is 23.3 Å². The predicted octanol–water partition coefficient (Wildman–Crippen LogP) is 3.75. The average molecular weight is 331 g/mol. The Morgan fingerprint density at radius 1 is 1.20 bits per heavy atom. The number of nitrogens with zero attached hydrogens (tertiary/aromatic N) is 2. The molecule has 4 nitrogen and oxygen atoms in total. The van der Waals surface area contributed by atoms with E-state index in [0.717, 1.165) is 10.2 Å². The average Bonchev–Trinajstić information content (AvgIpc) is 2.79. The number of para-hydroxylation sites is 1. The summed E-state index contributed by atoms with van der Waals surface area (Å²) in [6.45, 7) is 7.71. The first-order valence-corrected chi connectivity index (χ1v) is 9.48. The number of hydrogen-bond donors (Lipinski definition) is 0. The van der Waals surface area contributed by atoms with Gasteiger partial charge in [-0.2, -0.15) is 0 Å². The van der Waals surface area contributed by atoms with Crippen molar-refractivity contribution in [2.75, 3.05) is 0 Å². The highest BCUT2D eigenvalue weighted by molar-refractivity contribution is 8.09. The van der Waals surface area contributed by atoms with Crippen molar-refractivity contribution >= 4 is 43.5 Å². The lowest BCUT2D eigenvalue weighted by atomic mass is 10.3. The molecule has 1 aromatic carbocycles. The van der Waals surface area contributed by atoms with E-state index in [9.17, 15) is 8.42 Å². The minimum atomic E-state index is -3.55. The zero-order valence-electron chi connectivity index (χ0n) is 11.9. The highest BCUT2D eigenvalue weighted by Gasteiger charge is 2.31. The number of sulfonamides is 1. The molecule has 0 bridgehead atoms. The molecule has 0 spiro atoms. The summed E-state index contributed by atoms with van der Waals surface area (Å²) >= 11 is 2.55. The van der Waals surface area contributed by atoms with Gasteiger partial charge in [-0.1, -0.05) is 37.9 Å². The van der Waals surface area contributed by atoms with Gasteiger partial charge in [0, 0.05) is 11.3 Å². The Morgan fingerprint density at radius 3 is 2.40 bits per heavy atom. The Morgan fingerprint density at radius 2 is 1.85 bits per heavy atom. The largest absolute Gasteiger partial charge is 0.279 e. The molecule has 1 aromatic heterocycles. The second kappa shape index (κ2) is 6.01. The van der Waals surface area contributed by atoms with Crippen molar-refractivity contribution < 1.29 is 8.42 Å². The first kappa shape index (κ1) is 15.8. The van der Waals surface area contributed by atoms with E-state index in [1.807, 2.05) is 52.0 Å². The molecular weight excluding hydrogens is 312 g/mol. The second-order valence-corrected chi connectivity index (χ2v) is 9.75. The Kier molecular flexibility index (Phi) is 4.73. The molecule has 0 unspecified atom stereocenters. The first-order valence-electron chi connectivity index (χ1n) is 6.39. The Bertz CT molecular complexity index is 659. The van der Waals surface area contributed by atoms with E-state index in [1.165, 1.54) is 27.0 Å². The van der Waals surface area contributed by atoms with Crippen LogP contribution in [0.4, 0.5) is 0 Å². The zero-order valence-corrected chi connectivity index (χ0v) is 14.3. The maximum absolute atomic E-state index is 12.7. The van der Waals surface area contributed by atoms with Crippen LogP contribution in [0.5, 0.6) is 0 Å². The summed E-state index contributed by atoms with van der Waals surface area (Å²) in [6, 6.07) is 7.36. The Labute approximate surface area is 128 Å². The van der Waals surface area contributed by atoms with Crippen molar-refractivity contribution in [3.05, 3.63) is 24.3 Å². The summed E-state index contributed by atoms with van der Waals surface area (Å²) in [7, 11) is -3.55. The molecule has 110 valence electrons. The Hall–Kier alpha value is -0.630. The molecule has 1 heterocycles. The van der Waals surface area contributed by atoms with E-state index in [0.29, 0.717) is 0 Å². The van der Waals surface area contributed by atoms with Gasteiger partial charge in [-0.25, -0.2) is 13.4 Å². The molecule has 0 N–H and O–H groups in total. The SMILES string of the molecule is CC(C)SN(C(C)C)S(=O)(=O)c1nc2ccccc2s1. The molecule has 0 amide bonds. The molecule has 0 radical (unpaired) electrons. The van der Waals surface area contributed by atoms with E-state index >= 15 is 0 Å². The van der Waals surface area contributed by atoms with Crippen molar-refractivity contribution in [3.63, 3.8) is 0 Å². The normalized spacial score (nSPS) is 12.9. The van der Waals surface area contributed by atoms with Crippen molar-refractivity contribution in [1.82, 2.24) is 8.69 Å². The summed E-state index contributed by atoms with van der Waals surface area (Å²) in [6.07, 6.45) is 0. The second-order valence-electron chi connectivity index (χ2n) is 4.96. The van der Waals surface area contributed by atoms with Crippen molar-refractivity contribution in [2.24, 2.45) is 0 Å². The quantitative estimate of drug-likeness (QED) is 0.783. The molecule has 0 fully saturated rings. The molecule has 0 atom stereocenters. The van der Waals surface area contributed by atoms with Crippen LogP contribution in [0.3, 0.4) is 0 Å². The van der Waals surface area contributed by atoms with Gasteiger partial charge in [0.1, 0.15) is 0 Å². The summed E-state index contributed by atoms with van der Waals surface area (Å²) < 4.78 is 28.0. The van der Waals surface area contributed by atoms with Crippen LogP contribution < -0.4 is 0 Å². The fourth-order valence-corrected chi connectivity index (χ4v) is 6.24. The standard InChI is InChI=1S/C13H18N2O2S3/c1-9(2)15(19-10(3)4)20(16,17)13-14-11-7-5-6-8-12(11)18-13/h5-10H,1-4H3. The van der Waals surface area contributed by atoms with Gasteiger partial charge < -0.3 is 0 Å². The molecule has 7 heteroatoms. The number of thiazole rings is 1. The molecule has 0 aliphatic rings. The monoisotopic (exact) mass is 330 g/mol. The lowest BCUT2D eigenvalue weighted by Crippen LogP contribution is -2.32. The van der Waals surface area contributed by atoms with Crippen LogP contribution in [0, 0.1) is 0 Å². The van der Waals surface area contributed by atoms with Crippen molar-refractivity contribution in [1.29, 1.82) is 0 Å². The van der Waals surface area contributed by atoms with E-state index in [2.05, 4.69) is 4.98 Å². The van der Waals surface area contributed by atoms with E-state index in [4.69, 9.17) is 0 Å². The molecule has 2 rings (SSSR count). The van der Waals surface area contributed by atoms with Crippen LogP contribution in [0.1, 0.15) is 27.7 Å². The minimum absolute atomic E-state index is 0.112. The zero-order chi connectivity index (χ0) is 14.9. The van der Waals surface area contributed by atoms with Crippen molar-refractivity contribution in [3.8, 4) is 0 Å². The summed E-state index contributed by atoms with van der Waals surface area (Å²) in [4.78, 5) is 4.27. The first-order chi connectivity index (χ1) is 9.32. The third-order valence-corrected chi connectivity index (χ3v) is 7.51. The number of fused-ring (bicyclic) bond motifs is 1. The molecule has 0 aliphatic carbocycles. The maximum atomic E-state index is 12.7. The maximum Gasteiger partial charge on any atom is 0.279 e. The van der Waals surface area contributed by atoms with E-state index in [-0.39, 0.29) is 15.6 Å². The van der Waals surface area contributed by atoms with Crippen LogP contribution in [-0.2, 0) is 10.0 Å². The highest BCUT2D eigenvalue weighted by atomic mass is 32.3. The summed E-state index contributed by atoms with van der Waals surface area (Å²) in [5.74, 6) is 0. The molecule has 0 saturated heterocycles. The van der Waals surface area contributed by atoms with Gasteiger partial charge in [0.05, 0.1) is 10.2 Å². The van der Waals surface area contributed by atoms with Gasteiger partial charge in [0.2, 0.25) is 4.34 Å². The third-order valence-electron chi connectivity index (χ3n) is 2.47. The molecule has 0 saturated carbocycles. The number of aromatic nitrogens is 1. The minimum Gasteiger partial charge on any atom is -0.224 e. The Balaban J connectivity index is 2.46. The summed E-state index contributed by atoms with van der Waals surface area (Å²) in [5, 5.41) is 0.196. The number of benzene rings is 1. The topological polar surface area (TPSA) is 50.3 Å². The smallest absolute Gasteiger partial charge is 0.224 e. The van der Waals surface area contributed by atoms with E-state index < -0.39 is 10.0 Å². The van der Waals surface area contributed by atoms with Gasteiger partial charge in [-0.15, -0.1) is 15.0 Å². The van der Waals surface area contributed by atoms with Gasteiger partial charge in [-0.3, -0.25) is 0 Å². The highest BCUT2D eigenvalue weighted by Crippen LogP contribution is 2.33. The van der Waals surface area contributed by atoms with Crippen LogP contribution in [0.25, 0.3) is 10.2 Å². The molecule has 20 heavy (non-hydrogen) atoms. The fourth-order valence-electron chi connectivity index (χ4n) is 1.70. The van der Waals surface area contributed by atoms with Gasteiger partial charge in [-0.05, 0) is 26.0 Å². The van der Waals surface area contributed by atoms with Gasteiger partial charge in [0.25, 0.3) is 10.0 Å². The third kappa shape index (κ3) is 3.16. The fraction of sp³-hybridized carbons (Fsp3) is 0.462. The molecule has 2 aromatic rings. The molecule has 0 aliphatic heterocycles.